The summed E-state index contributed by atoms with van der Waals surface area (Å²) in [6.07, 6.45) is 7.97. The van der Waals surface area contributed by atoms with Crippen molar-refractivity contribution in [2.75, 3.05) is 19.6 Å². The van der Waals surface area contributed by atoms with Crippen LogP contribution in [0.1, 0.15) is 59.3 Å². The van der Waals surface area contributed by atoms with Crippen molar-refractivity contribution in [3.05, 3.63) is 0 Å². The Morgan fingerprint density at radius 1 is 0.933 bits per heavy atom. The van der Waals surface area contributed by atoms with Crippen LogP contribution in [0.3, 0.4) is 0 Å². The van der Waals surface area contributed by atoms with Crippen molar-refractivity contribution < 1.29 is 0 Å². The number of rotatable bonds is 10. The molecule has 0 aromatic carbocycles. The Morgan fingerprint density at radius 3 is 1.73 bits per heavy atom. The first-order valence-corrected chi connectivity index (χ1v) is 6.68. The molecule has 15 heavy (non-hydrogen) atoms. The highest BCUT2D eigenvalue weighted by Gasteiger charge is 2.06. The Bertz CT molecular complexity index is 114. The first-order valence-electron chi connectivity index (χ1n) is 6.68. The van der Waals surface area contributed by atoms with E-state index in [1.54, 1.807) is 0 Å². The summed E-state index contributed by atoms with van der Waals surface area (Å²) in [5.74, 6) is 0. The molecule has 0 heterocycles. The standard InChI is InChI=1S/C13H30N2/c1-4-6-8-10-15(12-13(3)14)11-9-7-5-2/h13H,4-12,14H2,1-3H3. The van der Waals surface area contributed by atoms with Gasteiger partial charge in [-0.05, 0) is 32.9 Å². The van der Waals surface area contributed by atoms with Crippen LogP contribution in [0.15, 0.2) is 0 Å². The first kappa shape index (κ1) is 14.9. The molecule has 92 valence electrons. The second-order valence-corrected chi connectivity index (χ2v) is 4.69. The van der Waals surface area contributed by atoms with Gasteiger partial charge in [0.2, 0.25) is 0 Å². The molecule has 0 aliphatic carbocycles. The molecule has 0 aromatic rings. The average molecular weight is 214 g/mol. The van der Waals surface area contributed by atoms with Crippen LogP contribution >= 0.6 is 0 Å². The predicted octanol–water partition coefficient (Wildman–Crippen LogP) is 3.02. The third kappa shape index (κ3) is 10.2. The molecular formula is C13H30N2. The minimum absolute atomic E-state index is 0.313. The molecule has 0 aliphatic heterocycles. The summed E-state index contributed by atoms with van der Waals surface area (Å²) in [5.41, 5.74) is 5.86. The monoisotopic (exact) mass is 214 g/mol. The third-order valence-corrected chi connectivity index (χ3v) is 2.70. The molecule has 0 bridgehead atoms. The van der Waals surface area contributed by atoms with E-state index >= 15 is 0 Å². The van der Waals surface area contributed by atoms with Gasteiger partial charge in [-0.1, -0.05) is 39.5 Å². The molecule has 0 saturated carbocycles. The Labute approximate surface area is 96.2 Å². The van der Waals surface area contributed by atoms with Crippen LogP contribution in [0, 0.1) is 0 Å². The van der Waals surface area contributed by atoms with Gasteiger partial charge < -0.3 is 10.6 Å². The van der Waals surface area contributed by atoms with Gasteiger partial charge in [-0.3, -0.25) is 0 Å². The van der Waals surface area contributed by atoms with E-state index in [4.69, 9.17) is 5.73 Å². The smallest absolute Gasteiger partial charge is 0.0139 e. The predicted molar refractivity (Wildman–Crippen MR) is 69.1 cm³/mol. The van der Waals surface area contributed by atoms with E-state index in [2.05, 4.69) is 25.7 Å². The van der Waals surface area contributed by atoms with Gasteiger partial charge in [0.15, 0.2) is 0 Å². The summed E-state index contributed by atoms with van der Waals surface area (Å²) >= 11 is 0. The van der Waals surface area contributed by atoms with Crippen molar-refractivity contribution in [2.24, 2.45) is 5.73 Å². The van der Waals surface area contributed by atoms with Crippen LogP contribution in [0.2, 0.25) is 0 Å². The maximum absolute atomic E-state index is 5.86. The largest absolute Gasteiger partial charge is 0.327 e. The molecule has 0 aromatic heterocycles. The van der Waals surface area contributed by atoms with Crippen molar-refractivity contribution in [2.45, 2.75) is 65.3 Å². The molecule has 0 saturated heterocycles. The number of nitrogens with zero attached hydrogens (tertiary/aromatic N) is 1. The summed E-state index contributed by atoms with van der Waals surface area (Å²) in [5, 5.41) is 0. The fourth-order valence-electron chi connectivity index (χ4n) is 1.87. The van der Waals surface area contributed by atoms with Crippen LogP contribution in [0.5, 0.6) is 0 Å². The minimum Gasteiger partial charge on any atom is -0.327 e. The number of nitrogens with two attached hydrogens (primary N) is 1. The summed E-state index contributed by atoms with van der Waals surface area (Å²) in [7, 11) is 0. The Morgan fingerprint density at radius 2 is 1.40 bits per heavy atom. The summed E-state index contributed by atoms with van der Waals surface area (Å²) < 4.78 is 0. The van der Waals surface area contributed by atoms with Crippen LogP contribution in [-0.4, -0.2) is 30.6 Å². The van der Waals surface area contributed by atoms with Crippen molar-refractivity contribution in [3.8, 4) is 0 Å². The second-order valence-electron chi connectivity index (χ2n) is 4.69. The molecule has 1 atom stereocenters. The maximum Gasteiger partial charge on any atom is 0.0139 e. The lowest BCUT2D eigenvalue weighted by Crippen LogP contribution is -2.36. The molecule has 0 rings (SSSR count). The Kier molecular flexibility index (Phi) is 10.4. The highest BCUT2D eigenvalue weighted by atomic mass is 15.1. The molecule has 0 fully saturated rings. The topological polar surface area (TPSA) is 29.3 Å². The second kappa shape index (κ2) is 10.4. The normalized spacial score (nSPS) is 13.4. The van der Waals surface area contributed by atoms with Crippen molar-refractivity contribution in [1.82, 2.24) is 4.90 Å². The zero-order valence-electron chi connectivity index (χ0n) is 11.0. The molecule has 0 radical (unpaired) electrons. The number of hydrogen-bond acceptors (Lipinski definition) is 2. The highest BCUT2D eigenvalue weighted by Crippen LogP contribution is 2.03. The molecule has 2 nitrogen and oxygen atoms in total. The van der Waals surface area contributed by atoms with Gasteiger partial charge in [0.1, 0.15) is 0 Å². The van der Waals surface area contributed by atoms with Crippen molar-refractivity contribution in [1.29, 1.82) is 0 Å². The quantitative estimate of drug-likeness (QED) is 0.566. The molecule has 2 heteroatoms. The van der Waals surface area contributed by atoms with E-state index in [1.165, 1.54) is 51.6 Å². The summed E-state index contributed by atoms with van der Waals surface area (Å²) in [6, 6.07) is 0.313. The zero-order valence-corrected chi connectivity index (χ0v) is 11.0. The van der Waals surface area contributed by atoms with Crippen molar-refractivity contribution >= 4 is 0 Å². The van der Waals surface area contributed by atoms with E-state index < -0.39 is 0 Å². The van der Waals surface area contributed by atoms with Crippen molar-refractivity contribution in [3.63, 3.8) is 0 Å². The fourth-order valence-corrected chi connectivity index (χ4v) is 1.87. The van der Waals surface area contributed by atoms with Gasteiger partial charge in [-0.25, -0.2) is 0 Å². The van der Waals surface area contributed by atoms with E-state index in [0.717, 1.165) is 6.54 Å². The lowest BCUT2D eigenvalue weighted by molar-refractivity contribution is 0.250. The molecule has 1 unspecified atom stereocenters. The van der Waals surface area contributed by atoms with Gasteiger partial charge >= 0.3 is 0 Å². The maximum atomic E-state index is 5.86. The minimum atomic E-state index is 0.313. The molecule has 0 aliphatic rings. The van der Waals surface area contributed by atoms with E-state index in [9.17, 15) is 0 Å². The lowest BCUT2D eigenvalue weighted by atomic mass is 10.2. The first-order chi connectivity index (χ1) is 7.20. The van der Waals surface area contributed by atoms with Crippen LogP contribution in [-0.2, 0) is 0 Å². The van der Waals surface area contributed by atoms with Gasteiger partial charge in [0, 0.05) is 12.6 Å². The molecule has 2 N–H and O–H groups in total. The Hall–Kier alpha value is -0.0800. The fraction of sp³-hybridized carbons (Fsp3) is 1.00. The van der Waals surface area contributed by atoms with Crippen LogP contribution in [0.25, 0.3) is 0 Å². The number of unbranched alkanes of at least 4 members (excludes halogenated alkanes) is 4. The molecule has 0 spiro atoms. The lowest BCUT2D eigenvalue weighted by Gasteiger charge is -2.24. The van der Waals surface area contributed by atoms with Crippen LogP contribution in [0.4, 0.5) is 0 Å². The van der Waals surface area contributed by atoms with E-state index in [0.29, 0.717) is 6.04 Å². The van der Waals surface area contributed by atoms with Gasteiger partial charge in [-0.2, -0.15) is 0 Å². The average Bonchev–Trinajstić information content (AvgIpc) is 2.17. The van der Waals surface area contributed by atoms with Crippen LogP contribution < -0.4 is 5.73 Å². The SMILES string of the molecule is CCCCCN(CCCCC)CC(C)N. The Balaban J connectivity index is 3.63. The van der Waals surface area contributed by atoms with E-state index in [-0.39, 0.29) is 0 Å². The summed E-state index contributed by atoms with van der Waals surface area (Å²) in [6.45, 7) is 10.2. The van der Waals surface area contributed by atoms with Gasteiger partial charge in [0.25, 0.3) is 0 Å². The third-order valence-electron chi connectivity index (χ3n) is 2.70. The molecular weight excluding hydrogens is 184 g/mol. The zero-order chi connectivity index (χ0) is 11.5. The van der Waals surface area contributed by atoms with Gasteiger partial charge in [-0.15, -0.1) is 0 Å². The van der Waals surface area contributed by atoms with E-state index in [1.807, 2.05) is 0 Å². The summed E-state index contributed by atoms with van der Waals surface area (Å²) in [4.78, 5) is 2.54. The highest BCUT2D eigenvalue weighted by molar-refractivity contribution is 4.64. The number of hydrogen-bond donors (Lipinski definition) is 1. The molecule has 0 amide bonds. The van der Waals surface area contributed by atoms with Gasteiger partial charge in [0.05, 0.1) is 0 Å².